The molecule has 1 aliphatic rings. The molecule has 1 heterocycles. The summed E-state index contributed by atoms with van der Waals surface area (Å²) in [5.74, 6) is -0.235. The van der Waals surface area contributed by atoms with Gasteiger partial charge in [0.1, 0.15) is 6.04 Å². The number of halogens is 1. The van der Waals surface area contributed by atoms with Crippen LogP contribution < -0.4 is 10.2 Å². The molecule has 0 aliphatic carbocycles. The normalized spacial score (nSPS) is 15.4. The first-order chi connectivity index (χ1) is 13.5. The van der Waals surface area contributed by atoms with Gasteiger partial charge in [-0.3, -0.25) is 9.59 Å². The maximum atomic E-state index is 13.1. The van der Waals surface area contributed by atoms with Crippen LogP contribution in [0.2, 0.25) is 5.02 Å². The molecule has 2 aromatic carbocycles. The average molecular weight is 400 g/mol. The van der Waals surface area contributed by atoms with Crippen molar-refractivity contribution in [2.75, 3.05) is 31.1 Å². The molecule has 2 amide bonds. The fourth-order valence-electron chi connectivity index (χ4n) is 3.38. The van der Waals surface area contributed by atoms with Crippen LogP contribution >= 0.6 is 11.6 Å². The van der Waals surface area contributed by atoms with Gasteiger partial charge in [0.25, 0.3) is 5.91 Å². The maximum absolute atomic E-state index is 13.1. The Morgan fingerprint density at radius 2 is 1.64 bits per heavy atom. The topological polar surface area (TPSA) is 52.7 Å². The van der Waals surface area contributed by atoms with Crippen molar-refractivity contribution in [3.05, 3.63) is 65.2 Å². The van der Waals surface area contributed by atoms with Crippen LogP contribution in [-0.2, 0) is 4.79 Å². The Bertz CT molecular complexity index is 818. The molecule has 6 heteroatoms. The van der Waals surface area contributed by atoms with Gasteiger partial charge in [0, 0.05) is 42.5 Å². The third-order valence-electron chi connectivity index (χ3n) is 5.02. The van der Waals surface area contributed by atoms with E-state index in [2.05, 4.69) is 10.2 Å². The Kier molecular flexibility index (Phi) is 6.57. The zero-order chi connectivity index (χ0) is 20.1. The summed E-state index contributed by atoms with van der Waals surface area (Å²) in [6, 6.07) is 16.2. The molecular weight excluding hydrogens is 374 g/mol. The highest BCUT2D eigenvalue weighted by Gasteiger charge is 2.31. The lowest BCUT2D eigenvalue weighted by Gasteiger charge is -2.38. The number of nitrogens with zero attached hydrogens (tertiary/aromatic N) is 2. The molecule has 0 aromatic heterocycles. The first-order valence-electron chi connectivity index (χ1n) is 9.61. The minimum absolute atomic E-state index is 0.00567. The Balaban J connectivity index is 1.62. The van der Waals surface area contributed by atoms with Gasteiger partial charge < -0.3 is 15.1 Å². The first kappa shape index (κ1) is 20.2. The molecule has 0 spiro atoms. The van der Waals surface area contributed by atoms with Crippen molar-refractivity contribution in [3.63, 3.8) is 0 Å². The number of hydrogen-bond donors (Lipinski definition) is 1. The number of amides is 2. The highest BCUT2D eigenvalue weighted by atomic mass is 35.5. The number of anilines is 1. The Hall–Kier alpha value is -2.53. The Labute approximate surface area is 171 Å². The van der Waals surface area contributed by atoms with Gasteiger partial charge in [-0.05, 0) is 36.2 Å². The molecule has 5 nitrogen and oxygen atoms in total. The van der Waals surface area contributed by atoms with Crippen LogP contribution in [0.4, 0.5) is 5.69 Å². The molecular formula is C22H26ClN3O2. The van der Waals surface area contributed by atoms with E-state index in [1.54, 1.807) is 12.1 Å². The summed E-state index contributed by atoms with van der Waals surface area (Å²) in [6.07, 6.45) is 0. The maximum Gasteiger partial charge on any atom is 0.251 e. The van der Waals surface area contributed by atoms with E-state index < -0.39 is 6.04 Å². The fourth-order valence-corrected chi connectivity index (χ4v) is 3.57. The van der Waals surface area contributed by atoms with Gasteiger partial charge in [-0.2, -0.15) is 0 Å². The van der Waals surface area contributed by atoms with Crippen LogP contribution in [0.5, 0.6) is 0 Å². The van der Waals surface area contributed by atoms with Crippen molar-refractivity contribution < 1.29 is 9.59 Å². The van der Waals surface area contributed by atoms with Crippen LogP contribution in [0, 0.1) is 5.92 Å². The third-order valence-corrected chi connectivity index (χ3v) is 5.26. The van der Waals surface area contributed by atoms with Gasteiger partial charge in [0.2, 0.25) is 5.91 Å². The van der Waals surface area contributed by atoms with Gasteiger partial charge >= 0.3 is 0 Å². The van der Waals surface area contributed by atoms with Crippen molar-refractivity contribution in [2.24, 2.45) is 5.92 Å². The lowest BCUT2D eigenvalue weighted by Crippen LogP contribution is -2.56. The van der Waals surface area contributed by atoms with E-state index >= 15 is 0 Å². The number of carbonyl (C=O) groups is 2. The molecule has 1 fully saturated rings. The van der Waals surface area contributed by atoms with Gasteiger partial charge in [0.15, 0.2) is 0 Å². The average Bonchev–Trinajstić information content (AvgIpc) is 2.72. The minimum atomic E-state index is -0.537. The van der Waals surface area contributed by atoms with Gasteiger partial charge in [-0.1, -0.05) is 49.7 Å². The molecule has 1 N–H and O–H groups in total. The lowest BCUT2D eigenvalue weighted by atomic mass is 10.0. The molecule has 0 radical (unpaired) electrons. The molecule has 2 aromatic rings. The number of rotatable bonds is 5. The molecule has 0 bridgehead atoms. The summed E-state index contributed by atoms with van der Waals surface area (Å²) >= 11 is 6.09. The molecule has 1 saturated heterocycles. The van der Waals surface area contributed by atoms with Crippen molar-refractivity contribution >= 4 is 29.1 Å². The van der Waals surface area contributed by atoms with Crippen LogP contribution in [0.3, 0.4) is 0 Å². The number of nitrogens with one attached hydrogen (secondary N) is 1. The fraction of sp³-hybridized carbons (Fsp3) is 0.364. The second-order valence-corrected chi connectivity index (χ2v) is 7.79. The molecule has 3 rings (SSSR count). The van der Waals surface area contributed by atoms with E-state index in [9.17, 15) is 9.59 Å². The predicted molar refractivity (Wildman–Crippen MR) is 113 cm³/mol. The second-order valence-electron chi connectivity index (χ2n) is 7.35. The predicted octanol–water partition coefficient (Wildman–Crippen LogP) is 3.44. The van der Waals surface area contributed by atoms with Crippen LogP contribution in [0.1, 0.15) is 24.2 Å². The largest absolute Gasteiger partial charge is 0.368 e. The summed E-state index contributed by atoms with van der Waals surface area (Å²) in [7, 11) is 0. The van der Waals surface area contributed by atoms with Crippen LogP contribution in [-0.4, -0.2) is 48.9 Å². The highest BCUT2D eigenvalue weighted by Crippen LogP contribution is 2.21. The van der Waals surface area contributed by atoms with E-state index in [0.29, 0.717) is 23.7 Å². The SMILES string of the molecule is CC(C)C(NC(=O)c1ccccc1)C(=O)N1CCN(c2cccc(Cl)c2)CC1. The van der Waals surface area contributed by atoms with E-state index in [-0.39, 0.29) is 17.7 Å². The van der Waals surface area contributed by atoms with E-state index in [1.165, 1.54) is 0 Å². The summed E-state index contributed by atoms with van der Waals surface area (Å²) < 4.78 is 0. The molecule has 1 aliphatic heterocycles. The zero-order valence-corrected chi connectivity index (χ0v) is 17.0. The quantitative estimate of drug-likeness (QED) is 0.837. The molecule has 1 unspecified atom stereocenters. The van der Waals surface area contributed by atoms with Crippen molar-refractivity contribution in [3.8, 4) is 0 Å². The summed E-state index contributed by atoms with van der Waals surface area (Å²) in [4.78, 5) is 29.7. The van der Waals surface area contributed by atoms with E-state index in [1.807, 2.05) is 61.2 Å². The van der Waals surface area contributed by atoms with Crippen LogP contribution in [0.25, 0.3) is 0 Å². The Morgan fingerprint density at radius 1 is 0.964 bits per heavy atom. The van der Waals surface area contributed by atoms with E-state index in [4.69, 9.17) is 11.6 Å². The molecule has 1 atom stereocenters. The standard InChI is InChI=1S/C22H26ClN3O2/c1-16(2)20(24-21(27)17-7-4-3-5-8-17)22(28)26-13-11-25(12-14-26)19-10-6-9-18(23)15-19/h3-10,15-16,20H,11-14H2,1-2H3,(H,24,27). The van der Waals surface area contributed by atoms with Gasteiger partial charge in [-0.15, -0.1) is 0 Å². The second kappa shape index (κ2) is 9.11. The summed E-state index contributed by atoms with van der Waals surface area (Å²) in [5.41, 5.74) is 1.63. The number of benzene rings is 2. The van der Waals surface area contributed by atoms with Crippen molar-refractivity contribution in [2.45, 2.75) is 19.9 Å². The van der Waals surface area contributed by atoms with Crippen molar-refractivity contribution in [1.29, 1.82) is 0 Å². The third kappa shape index (κ3) is 4.84. The van der Waals surface area contributed by atoms with Crippen LogP contribution in [0.15, 0.2) is 54.6 Å². The summed E-state index contributed by atoms with van der Waals surface area (Å²) in [5, 5.41) is 3.63. The van der Waals surface area contributed by atoms with E-state index in [0.717, 1.165) is 18.8 Å². The summed E-state index contributed by atoms with van der Waals surface area (Å²) in [6.45, 7) is 6.63. The zero-order valence-electron chi connectivity index (χ0n) is 16.3. The van der Waals surface area contributed by atoms with Gasteiger partial charge in [0.05, 0.1) is 0 Å². The number of piperazine rings is 1. The molecule has 148 valence electrons. The Morgan fingerprint density at radius 3 is 2.25 bits per heavy atom. The number of carbonyl (C=O) groups excluding carboxylic acids is 2. The minimum Gasteiger partial charge on any atom is -0.368 e. The molecule has 0 saturated carbocycles. The highest BCUT2D eigenvalue weighted by molar-refractivity contribution is 6.30. The first-order valence-corrected chi connectivity index (χ1v) is 9.98. The molecule has 28 heavy (non-hydrogen) atoms. The monoisotopic (exact) mass is 399 g/mol. The van der Waals surface area contributed by atoms with Gasteiger partial charge in [-0.25, -0.2) is 0 Å². The van der Waals surface area contributed by atoms with Crippen molar-refractivity contribution in [1.82, 2.24) is 10.2 Å². The smallest absolute Gasteiger partial charge is 0.251 e. The number of hydrogen-bond acceptors (Lipinski definition) is 3. The lowest BCUT2D eigenvalue weighted by molar-refractivity contribution is -0.134.